The highest BCUT2D eigenvalue weighted by Crippen LogP contribution is 2.16. The molecule has 8 nitrogen and oxygen atoms in total. The number of hydrogen-bond donors (Lipinski definition) is 3. The Morgan fingerprint density at radius 2 is 1.84 bits per heavy atom. The van der Waals surface area contributed by atoms with Gasteiger partial charge in [-0.25, -0.2) is 4.79 Å². The van der Waals surface area contributed by atoms with Gasteiger partial charge in [-0.2, -0.15) is 0 Å². The van der Waals surface area contributed by atoms with E-state index in [-0.39, 0.29) is 19.0 Å². The molecule has 0 heterocycles. The maximum absolute atomic E-state index is 12.0. The van der Waals surface area contributed by atoms with Gasteiger partial charge in [0, 0.05) is 18.3 Å². The first kappa shape index (κ1) is 20.4. The van der Waals surface area contributed by atoms with Gasteiger partial charge in [0.25, 0.3) is 0 Å². The van der Waals surface area contributed by atoms with Gasteiger partial charge in [0.05, 0.1) is 20.2 Å². The number of ether oxygens (including phenoxy) is 1. The van der Waals surface area contributed by atoms with Crippen LogP contribution in [-0.2, 0) is 9.59 Å². The van der Waals surface area contributed by atoms with Gasteiger partial charge in [-0.1, -0.05) is 19.9 Å². The molecule has 4 amide bonds. The Morgan fingerprint density at radius 3 is 2.48 bits per heavy atom. The summed E-state index contributed by atoms with van der Waals surface area (Å²) in [5, 5.41) is 7.54. The van der Waals surface area contributed by atoms with Crippen LogP contribution in [0.2, 0.25) is 0 Å². The molecule has 0 atom stereocenters. The van der Waals surface area contributed by atoms with E-state index < -0.39 is 11.9 Å². The summed E-state index contributed by atoms with van der Waals surface area (Å²) in [7, 11) is 3.17. The lowest BCUT2D eigenvalue weighted by atomic mass is 10.2. The summed E-state index contributed by atoms with van der Waals surface area (Å²) in [6.45, 7) is 4.34. The van der Waals surface area contributed by atoms with Crippen molar-refractivity contribution in [3.63, 3.8) is 0 Å². The zero-order valence-electron chi connectivity index (χ0n) is 15.1. The summed E-state index contributed by atoms with van der Waals surface area (Å²) in [5.74, 6) is 0.188. The summed E-state index contributed by atoms with van der Waals surface area (Å²) in [6.07, 6.45) is 0. The molecule has 0 bridgehead atoms. The smallest absolute Gasteiger partial charge is 0.321 e. The summed E-state index contributed by atoms with van der Waals surface area (Å²) in [6, 6.07) is 6.45. The number of benzene rings is 1. The number of carbonyl (C=O) groups excluding carboxylic acids is 3. The van der Waals surface area contributed by atoms with Crippen LogP contribution < -0.4 is 20.7 Å². The van der Waals surface area contributed by atoms with Crippen LogP contribution >= 0.6 is 0 Å². The van der Waals surface area contributed by atoms with E-state index in [0.717, 1.165) is 0 Å². The molecule has 0 unspecified atom stereocenters. The first-order valence-corrected chi connectivity index (χ1v) is 8.00. The maximum atomic E-state index is 12.0. The second kappa shape index (κ2) is 10.3. The molecular formula is C17H26N4O4. The van der Waals surface area contributed by atoms with Crippen molar-refractivity contribution >= 4 is 23.5 Å². The second-order valence-corrected chi connectivity index (χ2v) is 6.10. The Bertz CT molecular complexity index is 604. The molecule has 0 aliphatic heterocycles. The van der Waals surface area contributed by atoms with E-state index in [1.807, 2.05) is 13.8 Å². The minimum Gasteiger partial charge on any atom is -0.497 e. The van der Waals surface area contributed by atoms with Gasteiger partial charge in [0.15, 0.2) is 0 Å². The predicted molar refractivity (Wildman–Crippen MR) is 95.5 cm³/mol. The number of anilines is 1. The van der Waals surface area contributed by atoms with Crippen LogP contribution in [0.25, 0.3) is 0 Å². The van der Waals surface area contributed by atoms with Crippen molar-refractivity contribution in [1.29, 1.82) is 0 Å². The molecule has 0 aliphatic carbocycles. The van der Waals surface area contributed by atoms with Crippen LogP contribution in [-0.4, -0.2) is 56.5 Å². The zero-order chi connectivity index (χ0) is 18.8. The number of urea groups is 1. The number of amides is 4. The lowest BCUT2D eigenvalue weighted by Gasteiger charge is -2.16. The highest BCUT2D eigenvalue weighted by molar-refractivity contribution is 5.96. The molecule has 0 aromatic heterocycles. The van der Waals surface area contributed by atoms with Crippen LogP contribution in [0, 0.1) is 5.92 Å². The van der Waals surface area contributed by atoms with E-state index in [2.05, 4.69) is 16.0 Å². The van der Waals surface area contributed by atoms with E-state index in [1.165, 1.54) is 4.90 Å². The standard InChI is InChI=1S/C17H26N4O4/c1-12(2)9-18-17(24)20-16(23)11-21(3)10-15(22)19-13-6-5-7-14(8-13)25-4/h5-8,12H,9-11H2,1-4H3,(H,19,22)(H2,18,20,23,24). The monoisotopic (exact) mass is 350 g/mol. The highest BCUT2D eigenvalue weighted by atomic mass is 16.5. The zero-order valence-corrected chi connectivity index (χ0v) is 15.1. The Labute approximate surface area is 147 Å². The Balaban J connectivity index is 2.37. The Morgan fingerprint density at radius 1 is 1.16 bits per heavy atom. The van der Waals surface area contributed by atoms with E-state index in [9.17, 15) is 14.4 Å². The molecule has 0 saturated heterocycles. The van der Waals surface area contributed by atoms with Crippen molar-refractivity contribution in [3.05, 3.63) is 24.3 Å². The van der Waals surface area contributed by atoms with Gasteiger partial charge >= 0.3 is 6.03 Å². The molecule has 0 saturated carbocycles. The fourth-order valence-electron chi connectivity index (χ4n) is 1.95. The summed E-state index contributed by atoms with van der Waals surface area (Å²) >= 11 is 0. The lowest BCUT2D eigenvalue weighted by Crippen LogP contribution is -2.45. The molecule has 0 aliphatic rings. The van der Waals surface area contributed by atoms with Crippen LogP contribution in [0.4, 0.5) is 10.5 Å². The molecular weight excluding hydrogens is 324 g/mol. The van der Waals surface area contributed by atoms with Gasteiger partial charge < -0.3 is 15.4 Å². The van der Waals surface area contributed by atoms with Gasteiger partial charge in [-0.15, -0.1) is 0 Å². The maximum Gasteiger partial charge on any atom is 0.321 e. The number of imide groups is 1. The van der Waals surface area contributed by atoms with Crippen molar-refractivity contribution in [3.8, 4) is 5.75 Å². The predicted octanol–water partition coefficient (Wildman–Crippen LogP) is 1.05. The Hall–Kier alpha value is -2.61. The van der Waals surface area contributed by atoms with Gasteiger partial charge in [-0.3, -0.25) is 19.8 Å². The molecule has 0 radical (unpaired) electrons. The first-order chi connectivity index (χ1) is 11.8. The topological polar surface area (TPSA) is 99.8 Å². The van der Waals surface area contributed by atoms with Gasteiger partial charge in [0.2, 0.25) is 11.8 Å². The Kier molecular flexibility index (Phi) is 8.42. The SMILES string of the molecule is COc1cccc(NC(=O)CN(C)CC(=O)NC(=O)NCC(C)C)c1. The molecule has 1 rings (SSSR count). The minimum absolute atomic E-state index is 0.0121. The number of nitrogens with zero attached hydrogens (tertiary/aromatic N) is 1. The average Bonchev–Trinajstić information content (AvgIpc) is 2.52. The van der Waals surface area contributed by atoms with E-state index >= 15 is 0 Å². The van der Waals surface area contributed by atoms with E-state index in [1.54, 1.807) is 38.4 Å². The molecule has 1 aromatic carbocycles. The van der Waals surface area contributed by atoms with Crippen molar-refractivity contribution in [2.75, 3.05) is 39.1 Å². The third-order valence-electron chi connectivity index (χ3n) is 3.10. The van der Waals surface area contributed by atoms with E-state index in [4.69, 9.17) is 4.74 Å². The lowest BCUT2D eigenvalue weighted by molar-refractivity contribution is -0.122. The highest BCUT2D eigenvalue weighted by Gasteiger charge is 2.13. The minimum atomic E-state index is -0.534. The van der Waals surface area contributed by atoms with Crippen molar-refractivity contribution < 1.29 is 19.1 Å². The number of rotatable bonds is 8. The largest absolute Gasteiger partial charge is 0.497 e. The second-order valence-electron chi connectivity index (χ2n) is 6.10. The molecule has 8 heteroatoms. The number of methoxy groups -OCH3 is 1. The summed E-state index contributed by atoms with van der Waals surface area (Å²) in [5.41, 5.74) is 0.607. The summed E-state index contributed by atoms with van der Waals surface area (Å²) in [4.78, 5) is 36.8. The van der Waals surface area contributed by atoms with Crippen molar-refractivity contribution in [1.82, 2.24) is 15.5 Å². The number of likely N-dealkylation sites (N-methyl/N-ethyl adjacent to an activating group) is 1. The van der Waals surface area contributed by atoms with Gasteiger partial charge in [-0.05, 0) is 25.1 Å². The number of hydrogen-bond acceptors (Lipinski definition) is 5. The van der Waals surface area contributed by atoms with Gasteiger partial charge in [0.1, 0.15) is 5.75 Å². The molecule has 1 aromatic rings. The van der Waals surface area contributed by atoms with Crippen molar-refractivity contribution in [2.45, 2.75) is 13.8 Å². The van der Waals surface area contributed by atoms with Crippen LogP contribution in [0.3, 0.4) is 0 Å². The fraction of sp³-hybridized carbons (Fsp3) is 0.471. The molecule has 138 valence electrons. The normalized spacial score (nSPS) is 10.5. The van der Waals surface area contributed by atoms with E-state index in [0.29, 0.717) is 23.9 Å². The number of nitrogens with one attached hydrogen (secondary N) is 3. The first-order valence-electron chi connectivity index (χ1n) is 8.00. The third-order valence-corrected chi connectivity index (χ3v) is 3.10. The van der Waals surface area contributed by atoms with Crippen molar-refractivity contribution in [2.24, 2.45) is 5.92 Å². The van der Waals surface area contributed by atoms with Crippen LogP contribution in [0.5, 0.6) is 5.75 Å². The van der Waals surface area contributed by atoms with Crippen LogP contribution in [0.1, 0.15) is 13.8 Å². The fourth-order valence-corrected chi connectivity index (χ4v) is 1.95. The third kappa shape index (κ3) is 8.71. The molecule has 0 spiro atoms. The molecule has 25 heavy (non-hydrogen) atoms. The summed E-state index contributed by atoms with van der Waals surface area (Å²) < 4.78 is 5.09. The quantitative estimate of drug-likeness (QED) is 0.651. The molecule has 3 N–H and O–H groups in total. The average molecular weight is 350 g/mol. The number of carbonyl (C=O) groups is 3. The molecule has 0 fully saturated rings. The van der Waals surface area contributed by atoms with Crippen LogP contribution in [0.15, 0.2) is 24.3 Å².